The summed E-state index contributed by atoms with van der Waals surface area (Å²) in [5, 5.41) is 14.5. The third-order valence-corrected chi connectivity index (χ3v) is 3.22. The number of nitrogens with one attached hydrogen (secondary N) is 2. The Kier molecular flexibility index (Phi) is 7.46. The number of amides is 2. The number of aliphatic hydroxyl groups excluding tert-OH is 1. The Morgan fingerprint density at radius 1 is 1.10 bits per heavy atom. The maximum atomic E-state index is 11.5. The van der Waals surface area contributed by atoms with E-state index in [4.69, 9.17) is 0 Å². The van der Waals surface area contributed by atoms with E-state index in [-0.39, 0.29) is 12.5 Å². The lowest BCUT2D eigenvalue weighted by Crippen LogP contribution is -2.43. The molecular formula is C16H24N2O3. The van der Waals surface area contributed by atoms with Crippen molar-refractivity contribution in [2.24, 2.45) is 5.92 Å². The smallest absolute Gasteiger partial charge is 0.309 e. The van der Waals surface area contributed by atoms with Gasteiger partial charge in [-0.1, -0.05) is 44.2 Å². The normalized spacial score (nSPS) is 12.0. The first-order chi connectivity index (χ1) is 10.0. The molecule has 1 rings (SSSR count). The quantitative estimate of drug-likeness (QED) is 0.515. The molecule has 0 aliphatic rings. The molecule has 0 fully saturated rings. The molecule has 0 radical (unpaired) electrons. The van der Waals surface area contributed by atoms with E-state index < -0.39 is 17.9 Å². The lowest BCUT2D eigenvalue weighted by Gasteiger charge is -2.14. The van der Waals surface area contributed by atoms with Gasteiger partial charge in [0.15, 0.2) is 0 Å². The van der Waals surface area contributed by atoms with Gasteiger partial charge >= 0.3 is 11.8 Å². The molecule has 2 amide bonds. The van der Waals surface area contributed by atoms with Crippen LogP contribution >= 0.6 is 0 Å². The van der Waals surface area contributed by atoms with Crippen LogP contribution in [0, 0.1) is 5.92 Å². The van der Waals surface area contributed by atoms with Crippen molar-refractivity contribution in [1.29, 1.82) is 0 Å². The van der Waals surface area contributed by atoms with E-state index in [0.29, 0.717) is 6.54 Å². The highest BCUT2D eigenvalue weighted by molar-refractivity contribution is 6.35. The van der Waals surface area contributed by atoms with Crippen molar-refractivity contribution in [2.45, 2.75) is 32.8 Å². The Morgan fingerprint density at radius 3 is 2.33 bits per heavy atom. The molecule has 0 aliphatic carbocycles. The van der Waals surface area contributed by atoms with Crippen molar-refractivity contribution in [1.82, 2.24) is 10.6 Å². The van der Waals surface area contributed by atoms with Crippen molar-refractivity contribution in [3.63, 3.8) is 0 Å². The van der Waals surface area contributed by atoms with Gasteiger partial charge in [0.2, 0.25) is 0 Å². The van der Waals surface area contributed by atoms with Gasteiger partial charge in [-0.05, 0) is 24.3 Å². The molecule has 1 unspecified atom stereocenters. The summed E-state index contributed by atoms with van der Waals surface area (Å²) in [6, 6.07) is 9.97. The van der Waals surface area contributed by atoms with Gasteiger partial charge in [-0.25, -0.2) is 0 Å². The Labute approximate surface area is 125 Å². The fourth-order valence-corrected chi connectivity index (χ4v) is 1.73. The second kappa shape index (κ2) is 9.13. The fraction of sp³-hybridized carbons (Fsp3) is 0.500. The molecule has 0 aromatic heterocycles. The van der Waals surface area contributed by atoms with Crippen LogP contribution in [-0.2, 0) is 16.0 Å². The molecule has 5 nitrogen and oxygen atoms in total. The van der Waals surface area contributed by atoms with Crippen LogP contribution in [0.4, 0.5) is 0 Å². The highest BCUT2D eigenvalue weighted by Gasteiger charge is 2.15. The molecule has 21 heavy (non-hydrogen) atoms. The van der Waals surface area contributed by atoms with Crippen LogP contribution < -0.4 is 10.6 Å². The summed E-state index contributed by atoms with van der Waals surface area (Å²) in [5.41, 5.74) is 1.20. The van der Waals surface area contributed by atoms with Crippen LogP contribution in [0.2, 0.25) is 0 Å². The molecule has 0 saturated heterocycles. The molecule has 0 spiro atoms. The van der Waals surface area contributed by atoms with Crippen LogP contribution in [0.15, 0.2) is 30.3 Å². The molecular weight excluding hydrogens is 268 g/mol. The molecule has 0 bridgehead atoms. The fourth-order valence-electron chi connectivity index (χ4n) is 1.73. The summed E-state index contributed by atoms with van der Waals surface area (Å²) >= 11 is 0. The summed E-state index contributed by atoms with van der Waals surface area (Å²) in [4.78, 5) is 23.0. The molecule has 5 heteroatoms. The number of hydrogen-bond donors (Lipinski definition) is 3. The van der Waals surface area contributed by atoms with Crippen molar-refractivity contribution in [3.8, 4) is 0 Å². The van der Waals surface area contributed by atoms with E-state index in [1.165, 1.54) is 5.56 Å². The van der Waals surface area contributed by atoms with E-state index in [1.807, 2.05) is 44.2 Å². The number of carbonyl (C=O) groups is 2. The summed E-state index contributed by atoms with van der Waals surface area (Å²) in [6.45, 7) is 4.24. The first-order valence-corrected chi connectivity index (χ1v) is 7.28. The summed E-state index contributed by atoms with van der Waals surface area (Å²) in [5.74, 6) is -1.31. The number of aryl methyl sites for hydroxylation is 1. The summed E-state index contributed by atoms with van der Waals surface area (Å²) < 4.78 is 0. The van der Waals surface area contributed by atoms with E-state index in [2.05, 4.69) is 10.6 Å². The molecule has 1 atom stereocenters. The first-order valence-electron chi connectivity index (χ1n) is 7.28. The zero-order chi connectivity index (χ0) is 15.7. The van der Waals surface area contributed by atoms with Gasteiger partial charge in [-0.15, -0.1) is 0 Å². The maximum absolute atomic E-state index is 11.5. The second-order valence-corrected chi connectivity index (χ2v) is 5.37. The van der Waals surface area contributed by atoms with Gasteiger partial charge in [0.1, 0.15) is 0 Å². The van der Waals surface area contributed by atoms with Crippen molar-refractivity contribution in [3.05, 3.63) is 35.9 Å². The minimum Gasteiger partial charge on any atom is -0.391 e. The maximum Gasteiger partial charge on any atom is 0.309 e. The average Bonchev–Trinajstić information content (AvgIpc) is 2.49. The van der Waals surface area contributed by atoms with E-state index in [1.54, 1.807) is 0 Å². The highest BCUT2D eigenvalue weighted by atomic mass is 16.3. The van der Waals surface area contributed by atoms with Gasteiger partial charge in [0, 0.05) is 13.1 Å². The third-order valence-electron chi connectivity index (χ3n) is 3.22. The predicted molar refractivity (Wildman–Crippen MR) is 81.6 cm³/mol. The molecule has 1 aromatic rings. The van der Waals surface area contributed by atoms with E-state index in [9.17, 15) is 14.7 Å². The lowest BCUT2D eigenvalue weighted by molar-refractivity contribution is -0.139. The lowest BCUT2D eigenvalue weighted by atomic mass is 10.1. The van der Waals surface area contributed by atoms with Gasteiger partial charge in [0.05, 0.1) is 6.10 Å². The highest BCUT2D eigenvalue weighted by Crippen LogP contribution is 2.01. The Hall–Kier alpha value is -1.88. The number of carbonyl (C=O) groups excluding carboxylic acids is 2. The zero-order valence-corrected chi connectivity index (χ0v) is 12.6. The van der Waals surface area contributed by atoms with E-state index >= 15 is 0 Å². The van der Waals surface area contributed by atoms with Gasteiger partial charge in [-0.3, -0.25) is 9.59 Å². The Bertz CT molecular complexity index is 446. The van der Waals surface area contributed by atoms with Gasteiger partial charge < -0.3 is 15.7 Å². The number of aliphatic hydroxyl groups is 1. The monoisotopic (exact) mass is 292 g/mol. The number of benzene rings is 1. The summed E-state index contributed by atoms with van der Waals surface area (Å²) in [6.07, 6.45) is 0.992. The van der Waals surface area contributed by atoms with Crippen molar-refractivity contribution in [2.75, 3.05) is 13.1 Å². The van der Waals surface area contributed by atoms with Crippen LogP contribution in [0.3, 0.4) is 0 Å². The Morgan fingerprint density at radius 2 is 1.71 bits per heavy atom. The van der Waals surface area contributed by atoms with Crippen molar-refractivity contribution < 1.29 is 14.7 Å². The standard InChI is InChI=1S/C16H24N2O3/c1-12(2)14(19)11-18-16(21)15(20)17-10-6-9-13-7-4-3-5-8-13/h3-5,7-8,12,14,19H,6,9-11H2,1-2H3,(H,17,20)(H,18,21). The molecule has 1 aromatic carbocycles. The Balaban J connectivity index is 2.17. The van der Waals surface area contributed by atoms with Crippen LogP contribution in [0.25, 0.3) is 0 Å². The van der Waals surface area contributed by atoms with E-state index in [0.717, 1.165) is 12.8 Å². The van der Waals surface area contributed by atoms with Crippen molar-refractivity contribution >= 4 is 11.8 Å². The topological polar surface area (TPSA) is 78.4 Å². The van der Waals surface area contributed by atoms with Gasteiger partial charge in [-0.2, -0.15) is 0 Å². The largest absolute Gasteiger partial charge is 0.391 e. The van der Waals surface area contributed by atoms with Gasteiger partial charge in [0.25, 0.3) is 0 Å². The van der Waals surface area contributed by atoms with Crippen LogP contribution in [0.5, 0.6) is 0 Å². The molecule has 0 aliphatic heterocycles. The second-order valence-electron chi connectivity index (χ2n) is 5.37. The zero-order valence-electron chi connectivity index (χ0n) is 12.6. The predicted octanol–water partition coefficient (Wildman–Crippen LogP) is 0.869. The molecule has 0 heterocycles. The number of rotatable bonds is 7. The molecule has 3 N–H and O–H groups in total. The average molecular weight is 292 g/mol. The van der Waals surface area contributed by atoms with Crippen LogP contribution in [0.1, 0.15) is 25.8 Å². The minimum absolute atomic E-state index is 0.0410. The third kappa shape index (κ3) is 6.90. The first kappa shape index (κ1) is 17.2. The minimum atomic E-state index is -0.700. The SMILES string of the molecule is CC(C)C(O)CNC(=O)C(=O)NCCCc1ccccc1. The summed E-state index contributed by atoms with van der Waals surface area (Å²) in [7, 11) is 0. The van der Waals surface area contributed by atoms with Crippen LogP contribution in [-0.4, -0.2) is 36.1 Å². The molecule has 116 valence electrons. The molecule has 0 saturated carbocycles. The number of hydrogen-bond acceptors (Lipinski definition) is 3.